The summed E-state index contributed by atoms with van der Waals surface area (Å²) < 4.78 is -0.674. The zero-order chi connectivity index (χ0) is 28.4. The summed E-state index contributed by atoms with van der Waals surface area (Å²) in [5, 5.41) is 10.4. The van der Waals surface area contributed by atoms with Crippen LogP contribution in [0.25, 0.3) is 0 Å². The number of carbonyl (C=O) groups excluding carboxylic acids is 3. The molecule has 6 atom stereocenters. The van der Waals surface area contributed by atoms with E-state index in [-0.39, 0.29) is 35.6 Å². The normalized spacial score (nSPS) is 30.1. The lowest BCUT2D eigenvalue weighted by Crippen LogP contribution is -2.59. The van der Waals surface area contributed by atoms with E-state index in [0.29, 0.717) is 19.5 Å². The standard InChI is InChI=1S/C32H43N3O4S/c1-4-19-33(23-13-9-7-10-14-23)29(37)26-25-17-18-32(40-25)27(26)30(38)35(22(6-3)21-36)28(32)31(39)34(20-5-2)24-15-11-8-12-16-24/h4-5,7,9-10,13-14,22,24-28,36H,1-2,6,8,11-12,15-21H2,3H3/t22-,25+,26-,27-,28?,32?/m0/s1. The number of aliphatic hydroxyl groups is 1. The summed E-state index contributed by atoms with van der Waals surface area (Å²) in [4.78, 5) is 48.8. The van der Waals surface area contributed by atoms with Crippen molar-refractivity contribution in [2.45, 2.75) is 86.4 Å². The number of fused-ring (bicyclic) bond motifs is 1. The van der Waals surface area contributed by atoms with Crippen molar-refractivity contribution >= 4 is 35.2 Å². The van der Waals surface area contributed by atoms with Crippen LogP contribution >= 0.6 is 11.8 Å². The van der Waals surface area contributed by atoms with Gasteiger partial charge in [0, 0.05) is 30.1 Å². The lowest BCUT2D eigenvalue weighted by molar-refractivity contribution is -0.147. The maximum Gasteiger partial charge on any atom is 0.247 e. The maximum atomic E-state index is 14.7. The molecule has 216 valence electrons. The number of amides is 3. The molecule has 1 saturated carbocycles. The quantitative estimate of drug-likeness (QED) is 0.402. The van der Waals surface area contributed by atoms with Crippen molar-refractivity contribution in [1.82, 2.24) is 9.80 Å². The molecule has 40 heavy (non-hydrogen) atoms. The largest absolute Gasteiger partial charge is 0.394 e. The Morgan fingerprint density at radius 1 is 1.10 bits per heavy atom. The number of para-hydroxylation sites is 1. The number of nitrogens with zero attached hydrogens (tertiary/aromatic N) is 3. The molecule has 3 saturated heterocycles. The van der Waals surface area contributed by atoms with Gasteiger partial charge >= 0.3 is 0 Å². The first-order valence-corrected chi connectivity index (χ1v) is 15.8. The second kappa shape index (κ2) is 12.1. The fourth-order valence-electron chi connectivity index (χ4n) is 7.81. The Morgan fingerprint density at radius 3 is 2.42 bits per heavy atom. The van der Waals surface area contributed by atoms with Crippen molar-refractivity contribution in [2.75, 3.05) is 24.6 Å². The molecule has 3 amide bonds. The molecule has 8 heteroatoms. The summed E-state index contributed by atoms with van der Waals surface area (Å²) in [6.07, 6.45) is 10.8. The number of hydrogen-bond acceptors (Lipinski definition) is 5. The van der Waals surface area contributed by atoms with E-state index in [9.17, 15) is 19.5 Å². The smallest absolute Gasteiger partial charge is 0.247 e. The van der Waals surface area contributed by atoms with Crippen LogP contribution in [-0.4, -0.2) is 80.4 Å². The van der Waals surface area contributed by atoms with Crippen LogP contribution in [-0.2, 0) is 14.4 Å². The van der Waals surface area contributed by atoms with Gasteiger partial charge in [0.1, 0.15) is 6.04 Å². The Labute approximate surface area is 242 Å². The van der Waals surface area contributed by atoms with Crippen LogP contribution in [0.5, 0.6) is 0 Å². The summed E-state index contributed by atoms with van der Waals surface area (Å²) in [5.41, 5.74) is 0.778. The van der Waals surface area contributed by atoms with Gasteiger partial charge in [0.2, 0.25) is 17.7 Å². The maximum absolute atomic E-state index is 14.7. The van der Waals surface area contributed by atoms with Crippen molar-refractivity contribution in [2.24, 2.45) is 11.8 Å². The van der Waals surface area contributed by atoms with Gasteiger partial charge in [0.25, 0.3) is 0 Å². The summed E-state index contributed by atoms with van der Waals surface area (Å²) >= 11 is 1.69. The molecule has 3 aliphatic heterocycles. The predicted molar refractivity (Wildman–Crippen MR) is 160 cm³/mol. The highest BCUT2D eigenvalue weighted by atomic mass is 32.2. The van der Waals surface area contributed by atoms with E-state index < -0.39 is 28.7 Å². The lowest BCUT2D eigenvalue weighted by Gasteiger charge is -2.42. The molecule has 0 aromatic heterocycles. The van der Waals surface area contributed by atoms with E-state index in [1.165, 1.54) is 6.42 Å². The minimum absolute atomic E-state index is 0.0216. The molecule has 1 aliphatic carbocycles. The van der Waals surface area contributed by atoms with E-state index in [0.717, 1.165) is 44.2 Å². The van der Waals surface area contributed by atoms with Gasteiger partial charge < -0.3 is 19.8 Å². The van der Waals surface area contributed by atoms with Gasteiger partial charge in [-0.15, -0.1) is 24.9 Å². The Balaban J connectivity index is 1.55. The van der Waals surface area contributed by atoms with Crippen LogP contribution in [0.4, 0.5) is 5.69 Å². The fraction of sp³-hybridized carbons (Fsp3) is 0.594. The minimum atomic E-state index is -0.693. The van der Waals surface area contributed by atoms with E-state index in [1.807, 2.05) is 42.2 Å². The number of carbonyl (C=O) groups is 3. The van der Waals surface area contributed by atoms with Crippen molar-refractivity contribution in [3.63, 3.8) is 0 Å². The first kappa shape index (κ1) is 28.9. The third-order valence-corrected chi connectivity index (χ3v) is 11.6. The monoisotopic (exact) mass is 565 g/mol. The SMILES string of the molecule is C=CCN(C(=O)[C@@H]1[C@H]2C(=O)N([C@@H](CC)CO)C(C(=O)N(CC=C)C3CCCCC3)C23CC[C@H]1S3)c1ccccc1. The third-order valence-electron chi connectivity index (χ3n) is 9.60. The Hall–Kier alpha value is -2.58. The van der Waals surface area contributed by atoms with Crippen LogP contribution in [0, 0.1) is 11.8 Å². The fourth-order valence-corrected chi connectivity index (χ4v) is 10.00. The van der Waals surface area contributed by atoms with Crippen LogP contribution in [0.3, 0.4) is 0 Å². The zero-order valence-corrected chi connectivity index (χ0v) is 24.4. The Bertz CT molecular complexity index is 1120. The van der Waals surface area contributed by atoms with Gasteiger partial charge in [-0.3, -0.25) is 14.4 Å². The highest BCUT2D eigenvalue weighted by molar-refractivity contribution is 8.02. The minimum Gasteiger partial charge on any atom is -0.394 e. The van der Waals surface area contributed by atoms with Gasteiger partial charge in [-0.1, -0.05) is 56.5 Å². The predicted octanol–water partition coefficient (Wildman–Crippen LogP) is 4.42. The van der Waals surface area contributed by atoms with Crippen LogP contribution in [0.15, 0.2) is 55.6 Å². The molecule has 2 unspecified atom stereocenters. The Kier molecular flexibility index (Phi) is 8.76. The first-order valence-electron chi connectivity index (χ1n) is 14.9. The molecule has 4 fully saturated rings. The molecular weight excluding hydrogens is 522 g/mol. The van der Waals surface area contributed by atoms with Crippen molar-refractivity contribution in [3.05, 3.63) is 55.6 Å². The zero-order valence-electron chi connectivity index (χ0n) is 23.6. The second-order valence-corrected chi connectivity index (χ2v) is 13.3. The molecule has 1 spiro atoms. The van der Waals surface area contributed by atoms with Crippen LogP contribution in [0.2, 0.25) is 0 Å². The van der Waals surface area contributed by atoms with E-state index in [2.05, 4.69) is 13.2 Å². The van der Waals surface area contributed by atoms with E-state index >= 15 is 0 Å². The summed E-state index contributed by atoms with van der Waals surface area (Å²) in [5.74, 6) is -1.39. The van der Waals surface area contributed by atoms with Gasteiger partial charge in [0.05, 0.1) is 29.2 Å². The molecular formula is C32H43N3O4S. The number of hydrogen-bond donors (Lipinski definition) is 1. The number of likely N-dealkylation sites (tertiary alicyclic amines) is 1. The topological polar surface area (TPSA) is 81.2 Å². The highest BCUT2D eigenvalue weighted by Gasteiger charge is 2.74. The molecule has 0 radical (unpaired) electrons. The van der Waals surface area contributed by atoms with Crippen molar-refractivity contribution in [3.8, 4) is 0 Å². The number of rotatable bonds is 11. The Morgan fingerprint density at radius 2 is 1.80 bits per heavy atom. The average molecular weight is 566 g/mol. The van der Waals surface area contributed by atoms with Crippen LogP contribution in [0.1, 0.15) is 58.3 Å². The summed E-state index contributed by atoms with van der Waals surface area (Å²) in [6, 6.07) is 8.50. The van der Waals surface area contributed by atoms with Gasteiger partial charge in [-0.05, 0) is 44.2 Å². The van der Waals surface area contributed by atoms with Gasteiger partial charge in [0.15, 0.2) is 0 Å². The van der Waals surface area contributed by atoms with E-state index in [4.69, 9.17) is 0 Å². The number of benzene rings is 1. The summed E-state index contributed by atoms with van der Waals surface area (Å²) in [6.45, 7) is 10.3. The molecule has 2 bridgehead atoms. The molecule has 1 aromatic rings. The first-order chi connectivity index (χ1) is 19.4. The molecule has 4 aliphatic rings. The van der Waals surface area contributed by atoms with Crippen molar-refractivity contribution in [1.29, 1.82) is 0 Å². The number of aliphatic hydroxyl groups excluding tert-OH is 1. The van der Waals surface area contributed by atoms with Crippen LogP contribution < -0.4 is 4.90 Å². The number of anilines is 1. The third kappa shape index (κ3) is 4.71. The van der Waals surface area contributed by atoms with Gasteiger partial charge in [-0.2, -0.15) is 0 Å². The van der Waals surface area contributed by atoms with E-state index in [1.54, 1.807) is 33.7 Å². The summed E-state index contributed by atoms with van der Waals surface area (Å²) in [7, 11) is 0. The lowest BCUT2D eigenvalue weighted by atomic mass is 9.70. The molecule has 1 aromatic carbocycles. The van der Waals surface area contributed by atoms with Gasteiger partial charge in [-0.25, -0.2) is 0 Å². The average Bonchev–Trinajstić information content (AvgIpc) is 3.63. The number of thioether (sulfide) groups is 1. The second-order valence-electron chi connectivity index (χ2n) is 11.7. The van der Waals surface area contributed by atoms with Crippen molar-refractivity contribution < 1.29 is 19.5 Å². The molecule has 1 N–H and O–H groups in total. The molecule has 3 heterocycles. The molecule has 5 rings (SSSR count). The molecule has 7 nitrogen and oxygen atoms in total. The highest BCUT2D eigenvalue weighted by Crippen LogP contribution is 2.67.